The van der Waals surface area contributed by atoms with Gasteiger partial charge in [0.2, 0.25) is 0 Å². The van der Waals surface area contributed by atoms with Crippen LogP contribution in [0.3, 0.4) is 0 Å². The van der Waals surface area contributed by atoms with Crippen LogP contribution in [0.5, 0.6) is 0 Å². The second-order valence-electron chi connectivity index (χ2n) is 5.25. The first-order valence-corrected chi connectivity index (χ1v) is 9.53. The molecule has 0 saturated heterocycles. The fraction of sp³-hybridized carbons (Fsp3) is 0.136. The summed E-state index contributed by atoms with van der Waals surface area (Å²) in [4.78, 5) is 0. The Morgan fingerprint density at radius 2 is 1.00 bits per heavy atom. The molecule has 24 heavy (non-hydrogen) atoms. The van der Waals surface area contributed by atoms with E-state index in [-0.39, 0.29) is 0 Å². The lowest BCUT2D eigenvalue weighted by Gasteiger charge is -2.18. The fourth-order valence-corrected chi connectivity index (χ4v) is 4.60. The molecule has 0 aliphatic heterocycles. The Morgan fingerprint density at radius 1 is 0.667 bits per heavy atom. The first kappa shape index (κ1) is 17.9. The molecule has 0 unspecified atom stereocenters. The van der Waals surface area contributed by atoms with Gasteiger partial charge in [0.25, 0.3) is 0 Å². The SMILES string of the molecule is CCCC#N.c1ccc(P(c2ccccc2)c2ccccc2)cc1. The molecule has 0 atom stereocenters. The van der Waals surface area contributed by atoms with Gasteiger partial charge in [0.15, 0.2) is 0 Å². The molecule has 0 N–H and O–H groups in total. The molecule has 0 aliphatic rings. The molecule has 3 aromatic rings. The highest BCUT2D eigenvalue weighted by atomic mass is 31.1. The van der Waals surface area contributed by atoms with Crippen molar-refractivity contribution in [3.63, 3.8) is 0 Å². The topological polar surface area (TPSA) is 23.8 Å². The van der Waals surface area contributed by atoms with Crippen molar-refractivity contribution in [1.82, 2.24) is 0 Å². The van der Waals surface area contributed by atoms with Gasteiger partial charge in [-0.25, -0.2) is 0 Å². The zero-order valence-corrected chi connectivity index (χ0v) is 14.9. The minimum Gasteiger partial charge on any atom is -0.198 e. The Labute approximate surface area is 146 Å². The van der Waals surface area contributed by atoms with E-state index in [1.807, 2.05) is 13.0 Å². The van der Waals surface area contributed by atoms with Crippen molar-refractivity contribution in [2.24, 2.45) is 0 Å². The molecule has 0 amide bonds. The van der Waals surface area contributed by atoms with Crippen LogP contribution in [0.2, 0.25) is 0 Å². The highest BCUT2D eigenvalue weighted by molar-refractivity contribution is 7.79. The molecule has 0 aromatic heterocycles. The highest BCUT2D eigenvalue weighted by Gasteiger charge is 2.14. The van der Waals surface area contributed by atoms with Crippen LogP contribution < -0.4 is 15.9 Å². The molecular weight excluding hydrogens is 309 g/mol. The molecule has 3 rings (SSSR count). The molecule has 3 aromatic carbocycles. The van der Waals surface area contributed by atoms with Gasteiger partial charge in [-0.2, -0.15) is 5.26 Å². The number of nitriles is 1. The number of rotatable bonds is 4. The zero-order valence-electron chi connectivity index (χ0n) is 14.0. The first-order chi connectivity index (χ1) is 11.9. The summed E-state index contributed by atoms with van der Waals surface area (Å²) in [6.07, 6.45) is 1.68. The summed E-state index contributed by atoms with van der Waals surface area (Å²) in [6.45, 7) is 1.99. The maximum atomic E-state index is 7.82. The van der Waals surface area contributed by atoms with E-state index in [0.717, 1.165) is 6.42 Å². The van der Waals surface area contributed by atoms with E-state index < -0.39 is 7.92 Å². The van der Waals surface area contributed by atoms with Crippen molar-refractivity contribution in [3.8, 4) is 6.07 Å². The third-order valence-electron chi connectivity index (χ3n) is 3.40. The maximum absolute atomic E-state index is 7.82. The highest BCUT2D eigenvalue weighted by Crippen LogP contribution is 2.32. The molecule has 2 heteroatoms. The van der Waals surface area contributed by atoms with Crippen molar-refractivity contribution < 1.29 is 0 Å². The lowest BCUT2D eigenvalue weighted by atomic mass is 10.4. The number of hydrogen-bond donors (Lipinski definition) is 0. The fourth-order valence-electron chi connectivity index (χ4n) is 2.29. The smallest absolute Gasteiger partial charge is 0.0621 e. The third kappa shape index (κ3) is 5.34. The summed E-state index contributed by atoms with van der Waals surface area (Å²) < 4.78 is 0. The predicted octanol–water partition coefficient (Wildman–Crippen LogP) is 4.75. The van der Waals surface area contributed by atoms with E-state index in [9.17, 15) is 0 Å². The van der Waals surface area contributed by atoms with Crippen molar-refractivity contribution >= 4 is 23.8 Å². The third-order valence-corrected chi connectivity index (χ3v) is 5.85. The van der Waals surface area contributed by atoms with Gasteiger partial charge in [-0.05, 0) is 30.3 Å². The number of unbranched alkanes of at least 4 members (excludes halogenated alkanes) is 1. The number of benzene rings is 3. The summed E-state index contributed by atoms with van der Waals surface area (Å²) >= 11 is 0. The second kappa shape index (κ2) is 10.4. The van der Waals surface area contributed by atoms with E-state index in [1.54, 1.807) is 0 Å². The van der Waals surface area contributed by atoms with Crippen LogP contribution in [0.1, 0.15) is 19.8 Å². The largest absolute Gasteiger partial charge is 0.198 e. The summed E-state index contributed by atoms with van der Waals surface area (Å²) in [6, 6.07) is 34.3. The molecule has 120 valence electrons. The number of nitrogens with zero attached hydrogens (tertiary/aromatic N) is 1. The van der Waals surface area contributed by atoms with Crippen LogP contribution in [0.15, 0.2) is 91.0 Å². The monoisotopic (exact) mass is 331 g/mol. The van der Waals surface area contributed by atoms with Gasteiger partial charge in [0, 0.05) is 6.42 Å². The average Bonchev–Trinajstić information content (AvgIpc) is 2.66. The van der Waals surface area contributed by atoms with Crippen molar-refractivity contribution in [2.75, 3.05) is 0 Å². The van der Waals surface area contributed by atoms with Gasteiger partial charge in [-0.1, -0.05) is 97.9 Å². The van der Waals surface area contributed by atoms with Crippen LogP contribution in [0.4, 0.5) is 0 Å². The van der Waals surface area contributed by atoms with Gasteiger partial charge in [0.1, 0.15) is 0 Å². The minimum atomic E-state index is -0.446. The quantitative estimate of drug-likeness (QED) is 0.633. The standard InChI is InChI=1S/C18H15P.C4H7N/c1-4-10-16(11-5-1)19(17-12-6-2-7-13-17)18-14-8-3-9-15-18;1-2-3-4-5/h1-15H;2-3H2,1H3. The van der Waals surface area contributed by atoms with Gasteiger partial charge in [0.05, 0.1) is 6.07 Å². The summed E-state index contributed by atoms with van der Waals surface area (Å²) in [5, 5.41) is 12.0. The average molecular weight is 331 g/mol. The van der Waals surface area contributed by atoms with Gasteiger partial charge < -0.3 is 0 Å². The molecule has 1 nitrogen and oxygen atoms in total. The molecule has 0 heterocycles. The molecule has 0 radical (unpaired) electrons. The van der Waals surface area contributed by atoms with Crippen LogP contribution in [0, 0.1) is 11.3 Å². The van der Waals surface area contributed by atoms with Gasteiger partial charge >= 0.3 is 0 Å². The normalized spacial score (nSPS) is 9.71. The van der Waals surface area contributed by atoms with E-state index in [0.29, 0.717) is 6.42 Å². The molecule has 0 aliphatic carbocycles. The molecule has 0 fully saturated rings. The summed E-state index contributed by atoms with van der Waals surface area (Å²) in [5.41, 5.74) is 0. The van der Waals surface area contributed by atoms with E-state index in [2.05, 4.69) is 91.0 Å². The van der Waals surface area contributed by atoms with E-state index in [1.165, 1.54) is 15.9 Å². The molecular formula is C22H22NP. The predicted molar refractivity (Wildman–Crippen MR) is 106 cm³/mol. The van der Waals surface area contributed by atoms with E-state index >= 15 is 0 Å². The number of hydrogen-bond acceptors (Lipinski definition) is 1. The lowest BCUT2D eigenvalue weighted by Crippen LogP contribution is -2.20. The Balaban J connectivity index is 0.000000368. The maximum Gasteiger partial charge on any atom is 0.0621 e. The first-order valence-electron chi connectivity index (χ1n) is 8.19. The van der Waals surface area contributed by atoms with E-state index in [4.69, 9.17) is 5.26 Å². The summed E-state index contributed by atoms with van der Waals surface area (Å²) in [5.74, 6) is 0. The van der Waals surface area contributed by atoms with Crippen LogP contribution in [-0.2, 0) is 0 Å². The van der Waals surface area contributed by atoms with Gasteiger partial charge in [-0.15, -0.1) is 0 Å². The Kier molecular flexibility index (Phi) is 7.75. The molecule has 0 spiro atoms. The molecule has 0 bridgehead atoms. The van der Waals surface area contributed by atoms with Crippen LogP contribution in [0.25, 0.3) is 0 Å². The summed E-state index contributed by atoms with van der Waals surface area (Å²) in [7, 11) is -0.446. The Bertz CT molecular complexity index is 639. The van der Waals surface area contributed by atoms with Crippen LogP contribution >= 0.6 is 7.92 Å². The van der Waals surface area contributed by atoms with Gasteiger partial charge in [-0.3, -0.25) is 0 Å². The molecule has 0 saturated carbocycles. The van der Waals surface area contributed by atoms with Crippen molar-refractivity contribution in [3.05, 3.63) is 91.0 Å². The Morgan fingerprint density at radius 3 is 1.21 bits per heavy atom. The second-order valence-corrected chi connectivity index (χ2v) is 7.47. The lowest BCUT2D eigenvalue weighted by molar-refractivity contribution is 0.969. The van der Waals surface area contributed by atoms with Crippen molar-refractivity contribution in [1.29, 1.82) is 5.26 Å². The van der Waals surface area contributed by atoms with Crippen LogP contribution in [-0.4, -0.2) is 0 Å². The van der Waals surface area contributed by atoms with Crippen molar-refractivity contribution in [2.45, 2.75) is 19.8 Å². The minimum absolute atomic E-state index is 0.446. The zero-order chi connectivity index (χ0) is 17.0. The Hall–Kier alpha value is -2.42.